The number of benzene rings is 2. The second-order valence-electron chi connectivity index (χ2n) is 5.88. The lowest BCUT2D eigenvalue weighted by Gasteiger charge is -2.13. The Morgan fingerprint density at radius 2 is 1.85 bits per heavy atom. The third kappa shape index (κ3) is 4.29. The lowest BCUT2D eigenvalue weighted by atomic mass is 10.2. The Kier molecular flexibility index (Phi) is 5.68. The second kappa shape index (κ2) is 8.14. The molecule has 0 bridgehead atoms. The minimum atomic E-state index is -0.277. The molecule has 0 fully saturated rings. The number of carbonyl (C=O) groups is 1. The van der Waals surface area contributed by atoms with Gasteiger partial charge in [-0.05, 0) is 36.8 Å². The Morgan fingerprint density at radius 3 is 2.54 bits per heavy atom. The van der Waals surface area contributed by atoms with Crippen LogP contribution in [0.1, 0.15) is 34.7 Å². The first-order valence-electron chi connectivity index (χ1n) is 8.17. The summed E-state index contributed by atoms with van der Waals surface area (Å²) in [4.78, 5) is 12.3. The zero-order chi connectivity index (χ0) is 18.5. The fourth-order valence-electron chi connectivity index (χ4n) is 2.49. The molecule has 1 heterocycles. The molecule has 2 aromatic carbocycles. The molecule has 0 aliphatic carbocycles. The monoisotopic (exact) mass is 370 g/mol. The zero-order valence-electron chi connectivity index (χ0n) is 14.5. The molecule has 1 aromatic heterocycles. The fourth-order valence-corrected chi connectivity index (χ4v) is 3.37. The summed E-state index contributed by atoms with van der Waals surface area (Å²) in [6, 6.07) is 15.2. The molecular weight excluding hydrogens is 351 g/mol. The van der Waals surface area contributed by atoms with Crippen molar-refractivity contribution < 1.29 is 9.18 Å². The summed E-state index contributed by atoms with van der Waals surface area (Å²) >= 11 is 1.51. The Labute approximate surface area is 155 Å². The predicted octanol–water partition coefficient (Wildman–Crippen LogP) is 3.74. The summed E-state index contributed by atoms with van der Waals surface area (Å²) in [6.07, 6.45) is 0. The van der Waals surface area contributed by atoms with Gasteiger partial charge in [-0.25, -0.2) is 4.39 Å². The number of hydrogen-bond donors (Lipinski definition) is 1. The van der Waals surface area contributed by atoms with Gasteiger partial charge >= 0.3 is 0 Å². The van der Waals surface area contributed by atoms with Gasteiger partial charge in [0.2, 0.25) is 0 Å². The van der Waals surface area contributed by atoms with Crippen LogP contribution in [-0.4, -0.2) is 20.7 Å². The molecular formula is C19H19FN4OS. The van der Waals surface area contributed by atoms with Crippen molar-refractivity contribution in [2.45, 2.75) is 23.9 Å². The third-order valence-electron chi connectivity index (χ3n) is 3.92. The van der Waals surface area contributed by atoms with E-state index in [2.05, 4.69) is 15.5 Å². The predicted molar refractivity (Wildman–Crippen MR) is 99.3 cm³/mol. The summed E-state index contributed by atoms with van der Waals surface area (Å²) < 4.78 is 14.8. The highest BCUT2D eigenvalue weighted by Crippen LogP contribution is 2.23. The number of nitrogens with one attached hydrogen (secondary N) is 1. The van der Waals surface area contributed by atoms with Crippen molar-refractivity contribution in [3.8, 4) is 0 Å². The number of carbonyl (C=O) groups excluding carboxylic acids is 1. The van der Waals surface area contributed by atoms with Gasteiger partial charge in [0, 0.05) is 18.4 Å². The van der Waals surface area contributed by atoms with Gasteiger partial charge in [0.05, 0.1) is 6.04 Å². The van der Waals surface area contributed by atoms with Crippen molar-refractivity contribution in [1.29, 1.82) is 0 Å². The highest BCUT2D eigenvalue weighted by Gasteiger charge is 2.18. The van der Waals surface area contributed by atoms with Crippen LogP contribution in [0.4, 0.5) is 4.39 Å². The van der Waals surface area contributed by atoms with E-state index in [1.165, 1.54) is 23.9 Å². The smallest absolute Gasteiger partial charge is 0.251 e. The van der Waals surface area contributed by atoms with Crippen LogP contribution >= 0.6 is 11.8 Å². The molecule has 0 saturated carbocycles. The fraction of sp³-hybridized carbons (Fsp3) is 0.211. The van der Waals surface area contributed by atoms with Crippen LogP contribution in [0.3, 0.4) is 0 Å². The first kappa shape index (κ1) is 18.1. The number of thioether (sulfide) groups is 1. The molecule has 0 aliphatic rings. The van der Waals surface area contributed by atoms with Gasteiger partial charge in [0.25, 0.3) is 5.91 Å². The maximum Gasteiger partial charge on any atom is 0.251 e. The number of amides is 1. The van der Waals surface area contributed by atoms with E-state index >= 15 is 0 Å². The van der Waals surface area contributed by atoms with Gasteiger partial charge in [0.1, 0.15) is 5.82 Å². The first-order chi connectivity index (χ1) is 12.5. The normalized spacial score (nSPS) is 12.0. The van der Waals surface area contributed by atoms with Gasteiger partial charge in [-0.15, -0.1) is 10.2 Å². The van der Waals surface area contributed by atoms with E-state index in [1.54, 1.807) is 24.3 Å². The Balaban J connectivity index is 1.64. The molecule has 3 rings (SSSR count). The maximum atomic E-state index is 13.0. The van der Waals surface area contributed by atoms with Crippen LogP contribution in [0.25, 0.3) is 0 Å². The van der Waals surface area contributed by atoms with Gasteiger partial charge in [-0.3, -0.25) is 4.79 Å². The van der Waals surface area contributed by atoms with E-state index in [9.17, 15) is 9.18 Å². The molecule has 1 N–H and O–H groups in total. The van der Waals surface area contributed by atoms with E-state index in [0.717, 1.165) is 10.7 Å². The average Bonchev–Trinajstić information content (AvgIpc) is 3.02. The van der Waals surface area contributed by atoms with E-state index in [4.69, 9.17) is 0 Å². The molecule has 5 nitrogen and oxygen atoms in total. The summed E-state index contributed by atoms with van der Waals surface area (Å²) in [5.41, 5.74) is 1.61. The Morgan fingerprint density at radius 1 is 1.15 bits per heavy atom. The molecule has 7 heteroatoms. The minimum Gasteiger partial charge on any atom is -0.342 e. The molecule has 0 radical (unpaired) electrons. The number of aromatic nitrogens is 3. The minimum absolute atomic E-state index is 0.151. The zero-order valence-corrected chi connectivity index (χ0v) is 15.3. The van der Waals surface area contributed by atoms with E-state index < -0.39 is 0 Å². The second-order valence-corrected chi connectivity index (χ2v) is 6.82. The Bertz CT molecular complexity index is 880. The van der Waals surface area contributed by atoms with Crippen LogP contribution in [0, 0.1) is 5.82 Å². The SMILES string of the molecule is CC(NC(=O)c1ccccc1)c1nnc(SCc2ccc(F)cc2)n1C. The molecule has 134 valence electrons. The molecule has 26 heavy (non-hydrogen) atoms. The van der Waals surface area contributed by atoms with Crippen LogP contribution in [0.5, 0.6) is 0 Å². The third-order valence-corrected chi connectivity index (χ3v) is 5.01. The standard InChI is InChI=1S/C19H19FN4OS/c1-13(21-18(25)15-6-4-3-5-7-15)17-22-23-19(24(17)2)26-12-14-8-10-16(20)11-9-14/h3-11,13H,12H2,1-2H3,(H,21,25). The van der Waals surface area contributed by atoms with Gasteiger partial charge < -0.3 is 9.88 Å². The summed E-state index contributed by atoms with van der Waals surface area (Å²) in [6.45, 7) is 1.87. The molecule has 1 amide bonds. The lowest BCUT2D eigenvalue weighted by molar-refractivity contribution is 0.0937. The van der Waals surface area contributed by atoms with Crippen molar-refractivity contribution >= 4 is 17.7 Å². The number of rotatable bonds is 6. The van der Waals surface area contributed by atoms with Crippen LogP contribution in [-0.2, 0) is 12.8 Å². The van der Waals surface area contributed by atoms with Crippen molar-refractivity contribution in [3.63, 3.8) is 0 Å². The lowest BCUT2D eigenvalue weighted by Crippen LogP contribution is -2.28. The molecule has 0 aliphatic heterocycles. The molecule has 3 aromatic rings. The number of hydrogen-bond acceptors (Lipinski definition) is 4. The largest absolute Gasteiger partial charge is 0.342 e. The summed E-state index contributed by atoms with van der Waals surface area (Å²) in [7, 11) is 1.87. The molecule has 1 atom stereocenters. The topological polar surface area (TPSA) is 59.8 Å². The van der Waals surface area contributed by atoms with Gasteiger partial charge in [-0.1, -0.05) is 42.1 Å². The molecule has 0 spiro atoms. The molecule has 0 saturated heterocycles. The van der Waals surface area contributed by atoms with E-state index in [0.29, 0.717) is 17.1 Å². The van der Waals surface area contributed by atoms with Crippen LogP contribution < -0.4 is 5.32 Å². The van der Waals surface area contributed by atoms with Crippen LogP contribution in [0.15, 0.2) is 59.8 Å². The Hall–Kier alpha value is -2.67. The quantitative estimate of drug-likeness (QED) is 0.672. The van der Waals surface area contributed by atoms with Crippen molar-refractivity contribution in [2.24, 2.45) is 7.05 Å². The van der Waals surface area contributed by atoms with Crippen molar-refractivity contribution in [1.82, 2.24) is 20.1 Å². The average molecular weight is 370 g/mol. The number of halogens is 1. The van der Waals surface area contributed by atoms with Crippen molar-refractivity contribution in [3.05, 3.63) is 77.4 Å². The van der Waals surface area contributed by atoms with Gasteiger partial charge in [-0.2, -0.15) is 0 Å². The maximum absolute atomic E-state index is 13.0. The summed E-state index contributed by atoms with van der Waals surface area (Å²) in [5.74, 6) is 0.942. The highest BCUT2D eigenvalue weighted by molar-refractivity contribution is 7.98. The van der Waals surface area contributed by atoms with Gasteiger partial charge in [0.15, 0.2) is 11.0 Å². The van der Waals surface area contributed by atoms with Crippen LogP contribution in [0.2, 0.25) is 0 Å². The van der Waals surface area contributed by atoms with E-state index in [1.807, 2.05) is 36.7 Å². The van der Waals surface area contributed by atoms with Crippen molar-refractivity contribution in [2.75, 3.05) is 0 Å². The highest BCUT2D eigenvalue weighted by atomic mass is 32.2. The first-order valence-corrected chi connectivity index (χ1v) is 9.15. The number of nitrogens with zero attached hydrogens (tertiary/aromatic N) is 3. The van der Waals surface area contributed by atoms with E-state index in [-0.39, 0.29) is 17.8 Å². The summed E-state index contributed by atoms with van der Waals surface area (Å²) in [5, 5.41) is 12.1. The molecule has 1 unspecified atom stereocenters.